The molecular weight excluding hydrogens is 278 g/mol. The van der Waals surface area contributed by atoms with E-state index in [2.05, 4.69) is 15.3 Å². The molecule has 0 saturated heterocycles. The standard InChI is InChI=1S/C9H12ClN5O2S/c1-4-15-7(5-6(2)13-15)8-11-12-9(14(8)3)18(10,16)17/h5H,4H2,1-3H3. The molecule has 0 aliphatic carbocycles. The first-order valence-corrected chi connectivity index (χ1v) is 7.54. The fourth-order valence-corrected chi connectivity index (χ4v) is 2.67. The van der Waals surface area contributed by atoms with Crippen molar-refractivity contribution in [2.75, 3.05) is 0 Å². The Hall–Kier alpha value is -1.41. The van der Waals surface area contributed by atoms with Crippen molar-refractivity contribution >= 4 is 19.7 Å². The monoisotopic (exact) mass is 289 g/mol. The molecule has 0 aromatic carbocycles. The van der Waals surface area contributed by atoms with E-state index in [0.717, 1.165) is 5.69 Å². The molecule has 0 saturated carbocycles. The van der Waals surface area contributed by atoms with Crippen LogP contribution in [0, 0.1) is 6.92 Å². The number of halogens is 1. The number of nitrogens with zero attached hydrogens (tertiary/aromatic N) is 5. The average Bonchev–Trinajstić information content (AvgIpc) is 2.80. The predicted molar refractivity (Wildman–Crippen MR) is 65.7 cm³/mol. The normalized spacial score (nSPS) is 12.0. The number of aromatic nitrogens is 5. The van der Waals surface area contributed by atoms with E-state index in [4.69, 9.17) is 10.7 Å². The van der Waals surface area contributed by atoms with Crippen LogP contribution in [-0.2, 0) is 22.6 Å². The quantitative estimate of drug-likeness (QED) is 0.785. The molecule has 2 heterocycles. The van der Waals surface area contributed by atoms with Crippen molar-refractivity contribution in [3.8, 4) is 11.5 Å². The second kappa shape index (κ2) is 4.36. The van der Waals surface area contributed by atoms with Crippen LogP contribution in [0.25, 0.3) is 11.5 Å². The summed E-state index contributed by atoms with van der Waals surface area (Å²) in [5.41, 5.74) is 1.53. The predicted octanol–water partition coefficient (Wildman–Crippen LogP) is 0.934. The third-order valence-electron chi connectivity index (χ3n) is 2.48. The second-order valence-electron chi connectivity index (χ2n) is 3.79. The molecule has 0 amide bonds. The lowest BCUT2D eigenvalue weighted by molar-refractivity contribution is 0.592. The van der Waals surface area contributed by atoms with Gasteiger partial charge in [-0.3, -0.25) is 9.25 Å². The fourth-order valence-electron chi connectivity index (χ4n) is 1.72. The molecule has 0 aliphatic rings. The number of hydrogen-bond acceptors (Lipinski definition) is 5. The SMILES string of the molecule is CCn1nc(C)cc1-c1nnc(S(=O)(=O)Cl)n1C. The first kappa shape index (κ1) is 13.0. The molecule has 2 rings (SSSR count). The Morgan fingerprint density at radius 1 is 1.39 bits per heavy atom. The van der Waals surface area contributed by atoms with Crippen LogP contribution in [0.4, 0.5) is 0 Å². The van der Waals surface area contributed by atoms with E-state index in [1.54, 1.807) is 11.7 Å². The first-order chi connectivity index (χ1) is 8.34. The van der Waals surface area contributed by atoms with Gasteiger partial charge >= 0.3 is 0 Å². The van der Waals surface area contributed by atoms with Crippen molar-refractivity contribution in [2.45, 2.75) is 25.5 Å². The topological polar surface area (TPSA) is 82.7 Å². The highest BCUT2D eigenvalue weighted by molar-refractivity contribution is 8.13. The molecule has 0 bridgehead atoms. The third-order valence-corrected chi connectivity index (χ3v) is 3.69. The lowest BCUT2D eigenvalue weighted by Gasteiger charge is -2.04. The van der Waals surface area contributed by atoms with E-state index in [9.17, 15) is 8.42 Å². The maximum Gasteiger partial charge on any atom is 0.296 e. The van der Waals surface area contributed by atoms with Gasteiger partial charge < -0.3 is 0 Å². The molecule has 0 N–H and O–H groups in total. The van der Waals surface area contributed by atoms with Crippen molar-refractivity contribution in [3.63, 3.8) is 0 Å². The van der Waals surface area contributed by atoms with Crippen molar-refractivity contribution in [2.24, 2.45) is 7.05 Å². The molecule has 7 nitrogen and oxygen atoms in total. The van der Waals surface area contributed by atoms with E-state index in [1.807, 2.05) is 19.9 Å². The van der Waals surface area contributed by atoms with Gasteiger partial charge in [0.1, 0.15) is 5.69 Å². The Morgan fingerprint density at radius 2 is 2.06 bits per heavy atom. The Bertz CT molecular complexity index is 688. The highest BCUT2D eigenvalue weighted by atomic mass is 35.7. The zero-order valence-electron chi connectivity index (χ0n) is 10.1. The first-order valence-electron chi connectivity index (χ1n) is 5.23. The number of rotatable bonds is 3. The van der Waals surface area contributed by atoms with Crippen molar-refractivity contribution in [1.82, 2.24) is 24.5 Å². The zero-order chi connectivity index (χ0) is 13.5. The molecule has 0 atom stereocenters. The van der Waals surface area contributed by atoms with E-state index in [0.29, 0.717) is 18.1 Å². The molecule has 0 unspecified atom stereocenters. The summed E-state index contributed by atoms with van der Waals surface area (Å²) in [5.74, 6) is 0.414. The van der Waals surface area contributed by atoms with Gasteiger partial charge in [0.25, 0.3) is 14.2 Å². The van der Waals surface area contributed by atoms with E-state index in [1.165, 1.54) is 4.57 Å². The van der Waals surface area contributed by atoms with E-state index >= 15 is 0 Å². The summed E-state index contributed by atoms with van der Waals surface area (Å²) in [6.07, 6.45) is 0. The fraction of sp³-hybridized carbons (Fsp3) is 0.444. The van der Waals surface area contributed by atoms with Crippen molar-refractivity contribution < 1.29 is 8.42 Å². The highest BCUT2D eigenvalue weighted by Gasteiger charge is 2.22. The minimum atomic E-state index is -3.90. The molecule has 18 heavy (non-hydrogen) atoms. The zero-order valence-corrected chi connectivity index (χ0v) is 11.7. The molecule has 2 aromatic rings. The Labute approximate surface area is 109 Å². The van der Waals surface area contributed by atoms with Gasteiger partial charge in [-0.15, -0.1) is 10.2 Å². The van der Waals surface area contributed by atoms with Crippen LogP contribution in [0.1, 0.15) is 12.6 Å². The van der Waals surface area contributed by atoms with Crippen molar-refractivity contribution in [1.29, 1.82) is 0 Å². The molecule has 0 aliphatic heterocycles. The highest BCUT2D eigenvalue weighted by Crippen LogP contribution is 2.21. The number of aryl methyl sites for hydroxylation is 2. The average molecular weight is 290 g/mol. The third kappa shape index (κ3) is 2.13. The van der Waals surface area contributed by atoms with Crippen LogP contribution >= 0.6 is 10.7 Å². The van der Waals surface area contributed by atoms with Gasteiger partial charge in [-0.1, -0.05) is 0 Å². The van der Waals surface area contributed by atoms with Crippen LogP contribution in [0.15, 0.2) is 11.2 Å². The van der Waals surface area contributed by atoms with Crippen LogP contribution < -0.4 is 0 Å². The van der Waals surface area contributed by atoms with E-state index in [-0.39, 0.29) is 5.16 Å². The van der Waals surface area contributed by atoms with Gasteiger partial charge in [0.05, 0.1) is 5.69 Å². The molecule has 0 fully saturated rings. The Balaban J connectivity index is 2.62. The van der Waals surface area contributed by atoms with Gasteiger partial charge in [-0.2, -0.15) is 5.10 Å². The summed E-state index contributed by atoms with van der Waals surface area (Å²) >= 11 is 0. The summed E-state index contributed by atoms with van der Waals surface area (Å²) in [6.45, 7) is 4.44. The van der Waals surface area contributed by atoms with Gasteiger partial charge in [0.15, 0.2) is 5.82 Å². The van der Waals surface area contributed by atoms with Crippen molar-refractivity contribution in [3.05, 3.63) is 11.8 Å². The lowest BCUT2D eigenvalue weighted by atomic mass is 10.3. The second-order valence-corrected chi connectivity index (χ2v) is 6.25. The summed E-state index contributed by atoms with van der Waals surface area (Å²) in [6, 6.07) is 1.82. The molecule has 2 aromatic heterocycles. The summed E-state index contributed by atoms with van der Waals surface area (Å²) in [7, 11) is 2.92. The minimum Gasteiger partial charge on any atom is -0.299 e. The van der Waals surface area contributed by atoms with E-state index < -0.39 is 9.05 Å². The van der Waals surface area contributed by atoms with Crippen LogP contribution in [0.2, 0.25) is 0 Å². The summed E-state index contributed by atoms with van der Waals surface area (Å²) in [5, 5.41) is 11.5. The van der Waals surface area contributed by atoms with Gasteiger partial charge in [0, 0.05) is 24.3 Å². The maximum atomic E-state index is 11.3. The smallest absolute Gasteiger partial charge is 0.296 e. The molecular formula is C9H12ClN5O2S. The molecule has 9 heteroatoms. The maximum absolute atomic E-state index is 11.3. The number of hydrogen-bond donors (Lipinski definition) is 0. The van der Waals surface area contributed by atoms with Gasteiger partial charge in [-0.05, 0) is 19.9 Å². The minimum absolute atomic E-state index is 0.277. The van der Waals surface area contributed by atoms with Crippen LogP contribution in [-0.4, -0.2) is 33.0 Å². The Kier molecular flexibility index (Phi) is 3.16. The molecule has 0 radical (unpaired) electrons. The largest absolute Gasteiger partial charge is 0.299 e. The van der Waals surface area contributed by atoms with Gasteiger partial charge in [-0.25, -0.2) is 8.42 Å². The molecule has 98 valence electrons. The molecule has 0 spiro atoms. The van der Waals surface area contributed by atoms with Crippen LogP contribution in [0.5, 0.6) is 0 Å². The van der Waals surface area contributed by atoms with Gasteiger partial charge in [0.2, 0.25) is 0 Å². The Morgan fingerprint density at radius 3 is 2.56 bits per heavy atom. The summed E-state index contributed by atoms with van der Waals surface area (Å²) < 4.78 is 25.6. The lowest BCUT2D eigenvalue weighted by Crippen LogP contribution is -2.06. The summed E-state index contributed by atoms with van der Waals surface area (Å²) in [4.78, 5) is 0. The van der Waals surface area contributed by atoms with Crippen LogP contribution in [0.3, 0.4) is 0 Å².